The fourth-order valence-electron chi connectivity index (χ4n) is 1.49. The number of rotatable bonds is 3. The summed E-state index contributed by atoms with van der Waals surface area (Å²) < 4.78 is 0. The average Bonchev–Trinajstić information content (AvgIpc) is 2.28. The summed E-state index contributed by atoms with van der Waals surface area (Å²) in [5.74, 6) is 0.673. The first-order valence-corrected chi connectivity index (χ1v) is 5.32. The lowest BCUT2D eigenvalue weighted by atomic mass is 10.1. The second-order valence-corrected chi connectivity index (χ2v) is 3.93. The minimum Gasteiger partial charge on any atom is -0.350 e. The van der Waals surface area contributed by atoms with Gasteiger partial charge in [0.2, 0.25) is 5.95 Å². The van der Waals surface area contributed by atoms with Crippen LogP contribution in [-0.4, -0.2) is 9.97 Å². The molecule has 0 bridgehead atoms. The molecule has 0 atom stereocenters. The molecular weight excluding hydrogens is 198 g/mol. The van der Waals surface area contributed by atoms with Crippen molar-refractivity contribution in [3.8, 4) is 0 Å². The van der Waals surface area contributed by atoms with Crippen molar-refractivity contribution < 1.29 is 0 Å². The molecule has 0 aliphatic carbocycles. The van der Waals surface area contributed by atoms with Crippen LogP contribution in [0.5, 0.6) is 0 Å². The molecule has 2 aromatic rings. The van der Waals surface area contributed by atoms with Crippen molar-refractivity contribution in [1.29, 1.82) is 0 Å². The Morgan fingerprint density at radius 3 is 2.50 bits per heavy atom. The van der Waals surface area contributed by atoms with Gasteiger partial charge in [-0.15, -0.1) is 0 Å². The maximum atomic E-state index is 4.19. The SMILES string of the molecule is Cc1cnc(NCc2cccc(C)c2)nc1. The Bertz CT molecular complexity index is 463. The summed E-state index contributed by atoms with van der Waals surface area (Å²) in [5.41, 5.74) is 3.58. The van der Waals surface area contributed by atoms with E-state index < -0.39 is 0 Å². The molecule has 0 fully saturated rings. The Hall–Kier alpha value is -1.90. The van der Waals surface area contributed by atoms with E-state index in [4.69, 9.17) is 0 Å². The lowest BCUT2D eigenvalue weighted by Gasteiger charge is -2.05. The lowest BCUT2D eigenvalue weighted by Crippen LogP contribution is -2.03. The van der Waals surface area contributed by atoms with Crippen LogP contribution in [0.4, 0.5) is 5.95 Å². The zero-order valence-electron chi connectivity index (χ0n) is 9.57. The Morgan fingerprint density at radius 2 is 1.81 bits per heavy atom. The summed E-state index contributed by atoms with van der Waals surface area (Å²) >= 11 is 0. The fraction of sp³-hybridized carbons (Fsp3) is 0.231. The van der Waals surface area contributed by atoms with Crippen molar-refractivity contribution in [2.24, 2.45) is 0 Å². The second kappa shape index (κ2) is 4.75. The first-order chi connectivity index (χ1) is 7.74. The highest BCUT2D eigenvalue weighted by atomic mass is 15.1. The number of aryl methyl sites for hydroxylation is 2. The van der Waals surface area contributed by atoms with Gasteiger partial charge in [0, 0.05) is 18.9 Å². The normalized spacial score (nSPS) is 10.1. The molecule has 1 N–H and O–H groups in total. The molecule has 0 radical (unpaired) electrons. The molecule has 0 unspecified atom stereocenters. The lowest BCUT2D eigenvalue weighted by molar-refractivity contribution is 1.04. The summed E-state index contributed by atoms with van der Waals surface area (Å²) in [7, 11) is 0. The molecule has 16 heavy (non-hydrogen) atoms. The monoisotopic (exact) mass is 213 g/mol. The molecule has 82 valence electrons. The van der Waals surface area contributed by atoms with E-state index in [1.165, 1.54) is 11.1 Å². The fourth-order valence-corrected chi connectivity index (χ4v) is 1.49. The highest BCUT2D eigenvalue weighted by molar-refractivity contribution is 5.29. The van der Waals surface area contributed by atoms with Crippen LogP contribution in [-0.2, 0) is 6.54 Å². The Balaban J connectivity index is 1.99. The predicted octanol–water partition coefficient (Wildman–Crippen LogP) is 2.71. The molecule has 0 aliphatic rings. The number of aromatic nitrogens is 2. The number of hydrogen-bond donors (Lipinski definition) is 1. The summed E-state index contributed by atoms with van der Waals surface area (Å²) in [6.45, 7) is 4.82. The molecule has 0 saturated heterocycles. The summed E-state index contributed by atoms with van der Waals surface area (Å²) in [5, 5.41) is 3.19. The number of hydrogen-bond acceptors (Lipinski definition) is 3. The van der Waals surface area contributed by atoms with Gasteiger partial charge in [-0.3, -0.25) is 0 Å². The third-order valence-corrected chi connectivity index (χ3v) is 2.31. The Labute approximate surface area is 95.6 Å². The van der Waals surface area contributed by atoms with Gasteiger partial charge in [0.25, 0.3) is 0 Å². The van der Waals surface area contributed by atoms with E-state index >= 15 is 0 Å². The van der Waals surface area contributed by atoms with Crippen LogP contribution in [0.1, 0.15) is 16.7 Å². The van der Waals surface area contributed by atoms with Crippen molar-refractivity contribution >= 4 is 5.95 Å². The predicted molar refractivity (Wildman–Crippen MR) is 65.3 cm³/mol. The number of anilines is 1. The van der Waals surface area contributed by atoms with Gasteiger partial charge >= 0.3 is 0 Å². The molecule has 2 rings (SSSR count). The Morgan fingerprint density at radius 1 is 1.06 bits per heavy atom. The molecular formula is C13H15N3. The highest BCUT2D eigenvalue weighted by Gasteiger charge is 1.96. The standard InChI is InChI=1S/C13H15N3/c1-10-4-3-5-12(6-10)9-16-13-14-7-11(2)8-15-13/h3-8H,9H2,1-2H3,(H,14,15,16). The van der Waals surface area contributed by atoms with Gasteiger partial charge in [-0.1, -0.05) is 29.8 Å². The molecule has 3 nitrogen and oxygen atoms in total. The van der Waals surface area contributed by atoms with Crippen LogP contribution in [0, 0.1) is 13.8 Å². The average molecular weight is 213 g/mol. The third kappa shape index (κ3) is 2.79. The van der Waals surface area contributed by atoms with Gasteiger partial charge in [-0.25, -0.2) is 9.97 Å². The minimum atomic E-state index is 0.673. The van der Waals surface area contributed by atoms with Gasteiger partial charge in [-0.05, 0) is 25.0 Å². The smallest absolute Gasteiger partial charge is 0.222 e. The van der Waals surface area contributed by atoms with Crippen molar-refractivity contribution in [3.05, 3.63) is 53.3 Å². The number of benzene rings is 1. The first-order valence-electron chi connectivity index (χ1n) is 5.32. The van der Waals surface area contributed by atoms with Gasteiger partial charge in [0.05, 0.1) is 0 Å². The van der Waals surface area contributed by atoms with Gasteiger partial charge in [-0.2, -0.15) is 0 Å². The Kier molecular flexibility index (Phi) is 3.15. The second-order valence-electron chi connectivity index (χ2n) is 3.93. The van der Waals surface area contributed by atoms with E-state index in [-0.39, 0.29) is 0 Å². The third-order valence-electron chi connectivity index (χ3n) is 2.31. The van der Waals surface area contributed by atoms with Crippen LogP contribution >= 0.6 is 0 Å². The first kappa shape index (κ1) is 10.6. The van der Waals surface area contributed by atoms with E-state index in [9.17, 15) is 0 Å². The van der Waals surface area contributed by atoms with E-state index in [1.54, 1.807) is 0 Å². The van der Waals surface area contributed by atoms with Crippen molar-refractivity contribution in [1.82, 2.24) is 9.97 Å². The molecule has 1 aromatic carbocycles. The van der Waals surface area contributed by atoms with Gasteiger partial charge in [0.15, 0.2) is 0 Å². The van der Waals surface area contributed by atoms with Gasteiger partial charge < -0.3 is 5.32 Å². The quantitative estimate of drug-likeness (QED) is 0.851. The molecule has 3 heteroatoms. The zero-order chi connectivity index (χ0) is 11.4. The summed E-state index contributed by atoms with van der Waals surface area (Å²) in [6, 6.07) is 8.39. The van der Waals surface area contributed by atoms with Crippen molar-refractivity contribution in [3.63, 3.8) is 0 Å². The van der Waals surface area contributed by atoms with Gasteiger partial charge in [0.1, 0.15) is 0 Å². The maximum Gasteiger partial charge on any atom is 0.222 e. The van der Waals surface area contributed by atoms with Crippen LogP contribution in [0.15, 0.2) is 36.7 Å². The number of nitrogens with zero attached hydrogens (tertiary/aromatic N) is 2. The zero-order valence-corrected chi connectivity index (χ0v) is 9.57. The van der Waals surface area contributed by atoms with Crippen molar-refractivity contribution in [2.75, 3.05) is 5.32 Å². The summed E-state index contributed by atoms with van der Waals surface area (Å²) in [4.78, 5) is 8.39. The molecule has 0 amide bonds. The van der Waals surface area contributed by atoms with Crippen LogP contribution in [0.25, 0.3) is 0 Å². The van der Waals surface area contributed by atoms with E-state index in [0.29, 0.717) is 5.95 Å². The van der Waals surface area contributed by atoms with E-state index in [1.807, 2.05) is 19.3 Å². The molecule has 1 heterocycles. The minimum absolute atomic E-state index is 0.673. The molecule has 0 aliphatic heterocycles. The number of nitrogens with one attached hydrogen (secondary N) is 1. The largest absolute Gasteiger partial charge is 0.350 e. The summed E-state index contributed by atoms with van der Waals surface area (Å²) in [6.07, 6.45) is 3.62. The van der Waals surface area contributed by atoms with Crippen LogP contribution < -0.4 is 5.32 Å². The molecule has 0 saturated carbocycles. The molecule has 0 spiro atoms. The van der Waals surface area contributed by atoms with E-state index in [0.717, 1.165) is 12.1 Å². The van der Waals surface area contributed by atoms with Crippen LogP contribution in [0.2, 0.25) is 0 Å². The van der Waals surface area contributed by atoms with Crippen LogP contribution in [0.3, 0.4) is 0 Å². The molecule has 1 aromatic heterocycles. The highest BCUT2D eigenvalue weighted by Crippen LogP contribution is 2.06. The maximum absolute atomic E-state index is 4.19. The van der Waals surface area contributed by atoms with E-state index in [2.05, 4.69) is 46.5 Å². The van der Waals surface area contributed by atoms with Crippen molar-refractivity contribution in [2.45, 2.75) is 20.4 Å². The topological polar surface area (TPSA) is 37.8 Å².